The van der Waals surface area contributed by atoms with Gasteiger partial charge in [-0.2, -0.15) is 0 Å². The average molecular weight is 678 g/mol. The normalized spacial score (nSPS) is 19.2. The predicted octanol–water partition coefficient (Wildman–Crippen LogP) is 5.00. The Morgan fingerprint density at radius 3 is 2.53 bits per heavy atom. The number of aliphatic imine (C=N–C) groups is 1. The second-order valence-electron chi connectivity index (χ2n) is 11.4. The van der Waals surface area contributed by atoms with E-state index in [1.165, 1.54) is 12.1 Å². The quantitative estimate of drug-likeness (QED) is 0.246. The highest BCUT2D eigenvalue weighted by Gasteiger charge is 2.36. The van der Waals surface area contributed by atoms with Crippen molar-refractivity contribution in [3.05, 3.63) is 118 Å². The van der Waals surface area contributed by atoms with Crippen LogP contribution >= 0.6 is 22.1 Å². The van der Waals surface area contributed by atoms with Crippen LogP contribution in [-0.2, 0) is 17.9 Å². The summed E-state index contributed by atoms with van der Waals surface area (Å²) < 4.78 is 19.4. The van der Waals surface area contributed by atoms with E-state index in [0.29, 0.717) is 47.5 Å². The number of likely N-dealkylation sites (N-methyl/N-ethyl adjacent to an activating group) is 1. The number of carbonyl (C=O) groups excluding carboxylic acids is 1. The summed E-state index contributed by atoms with van der Waals surface area (Å²) in [6, 6.07) is 21.3. The lowest BCUT2D eigenvalue weighted by Gasteiger charge is -2.36. The molecule has 1 saturated heterocycles. The number of carbonyl (C=O) groups is 1. The fourth-order valence-electron chi connectivity index (χ4n) is 5.66. The van der Waals surface area contributed by atoms with E-state index in [2.05, 4.69) is 17.1 Å². The molecular weight excluding hydrogens is 641 g/mol. The Hall–Kier alpha value is -4.00. The lowest BCUT2D eigenvalue weighted by Crippen LogP contribution is -2.53. The highest BCUT2D eigenvalue weighted by molar-refractivity contribution is 8.19. The number of nitrogens with zero attached hydrogens (tertiary/aromatic N) is 4. The number of halogens is 2. The van der Waals surface area contributed by atoms with Crippen LogP contribution in [0.5, 0.6) is 5.75 Å². The molecular formula is C35H37ClFN5O4S. The topological polar surface area (TPSA) is 101 Å². The molecule has 3 aliphatic heterocycles. The third kappa shape index (κ3) is 7.61. The number of benzene rings is 3. The van der Waals surface area contributed by atoms with Gasteiger partial charge in [-0.3, -0.25) is 4.79 Å². The molecule has 0 radical (unpaired) electrons. The van der Waals surface area contributed by atoms with Crippen molar-refractivity contribution >= 4 is 45.0 Å². The number of nitrogens with one attached hydrogen (secondary N) is 1. The molecule has 3 aromatic rings. The second-order valence-corrected chi connectivity index (χ2v) is 13.7. The number of piperazine rings is 1. The largest absolute Gasteiger partial charge is 0.487 e. The summed E-state index contributed by atoms with van der Waals surface area (Å²) >= 11 is 6.56. The molecule has 1 unspecified atom stereocenters. The maximum absolute atomic E-state index is 13.6. The number of aliphatic hydroxyl groups is 2. The molecule has 9 nitrogen and oxygen atoms in total. The Bertz CT molecular complexity index is 1740. The van der Waals surface area contributed by atoms with E-state index in [0.717, 1.165) is 35.8 Å². The van der Waals surface area contributed by atoms with Crippen LogP contribution in [0.3, 0.4) is 0 Å². The molecule has 3 aromatic carbocycles. The van der Waals surface area contributed by atoms with Gasteiger partial charge in [-0.15, -0.1) is 10.5 Å². The Morgan fingerprint density at radius 2 is 1.81 bits per heavy atom. The first-order valence-corrected chi connectivity index (χ1v) is 17.2. The molecule has 0 bridgehead atoms. The van der Waals surface area contributed by atoms with E-state index in [9.17, 15) is 19.4 Å². The van der Waals surface area contributed by atoms with Crippen LogP contribution in [0, 0.1) is 5.82 Å². The average Bonchev–Trinajstić information content (AvgIpc) is 3.55. The third-order valence-corrected chi connectivity index (χ3v) is 10.7. The maximum Gasteiger partial charge on any atom is 0.255 e. The first-order valence-electron chi connectivity index (χ1n) is 15.5. The van der Waals surface area contributed by atoms with Crippen LogP contribution in [0.2, 0.25) is 5.02 Å². The van der Waals surface area contributed by atoms with Gasteiger partial charge in [-0.25, -0.2) is 9.38 Å². The molecule has 47 heavy (non-hydrogen) atoms. The van der Waals surface area contributed by atoms with Crippen molar-refractivity contribution < 1.29 is 24.1 Å². The molecule has 1 fully saturated rings. The molecule has 0 aliphatic carbocycles. The van der Waals surface area contributed by atoms with Crippen LogP contribution in [0.15, 0.2) is 101 Å². The number of anilines is 1. The van der Waals surface area contributed by atoms with E-state index < -0.39 is 27.9 Å². The number of ether oxygens (including phenoxy) is 1. The van der Waals surface area contributed by atoms with Gasteiger partial charge in [-0.05, 0) is 59.5 Å². The van der Waals surface area contributed by atoms with Crippen LogP contribution in [0.25, 0.3) is 0 Å². The molecule has 246 valence electrons. The number of hydrogen-bond acceptors (Lipinski definition) is 8. The molecule has 0 spiro atoms. The molecule has 12 heteroatoms. The minimum Gasteiger partial charge on any atom is -0.487 e. The van der Waals surface area contributed by atoms with Crippen molar-refractivity contribution in [2.75, 3.05) is 38.0 Å². The van der Waals surface area contributed by atoms with Gasteiger partial charge in [0.25, 0.3) is 5.91 Å². The molecule has 3 atom stereocenters. The standard InChI is InChI=1S/C35H37ClFN5O4S/c1-2-40-14-16-41(17-15-40)33(44)31(43)35(45)47-18-13-28-32(38-23-42(34(28)47)21-24-7-4-3-5-8-24)39-27-11-12-30(29(36)20-27)46-22-25-9-6-10-26(37)19-25/h3-13,18-20,23,31,35,39,43,45H,2,14-17,21-22H2,1H3/t31-,35+,47?/m1/s1. The Kier molecular flexibility index (Phi) is 10.4. The van der Waals surface area contributed by atoms with Crippen molar-refractivity contribution in [2.45, 2.75) is 31.6 Å². The predicted molar refractivity (Wildman–Crippen MR) is 186 cm³/mol. The Balaban J connectivity index is 1.24. The van der Waals surface area contributed by atoms with Crippen LogP contribution in [0.1, 0.15) is 18.1 Å². The Labute approximate surface area is 281 Å². The van der Waals surface area contributed by atoms with E-state index >= 15 is 0 Å². The SMILES string of the molecule is CCN1CCN(C(=O)[C@@H](O)[C@@H](O)S2=C3C(=C(Nc4ccc(OCc5cccc(F)c5)c(Cl)c4)N=CN3Cc3ccccc3)C=C2)CC1. The molecule has 0 aromatic heterocycles. The van der Waals surface area contributed by atoms with Crippen molar-refractivity contribution in [3.8, 4) is 5.75 Å². The first-order chi connectivity index (χ1) is 22.8. The number of aliphatic hydroxyl groups excluding tert-OH is 2. The zero-order valence-corrected chi connectivity index (χ0v) is 27.5. The van der Waals surface area contributed by atoms with Gasteiger partial charge in [-0.1, -0.05) is 61.0 Å². The van der Waals surface area contributed by atoms with Crippen molar-refractivity contribution in [2.24, 2.45) is 4.99 Å². The van der Waals surface area contributed by atoms with Gasteiger partial charge < -0.3 is 35.0 Å². The highest BCUT2D eigenvalue weighted by atomic mass is 35.5. The lowest BCUT2D eigenvalue weighted by atomic mass is 10.1. The van der Waals surface area contributed by atoms with Gasteiger partial charge in [0.05, 0.1) is 16.3 Å². The summed E-state index contributed by atoms with van der Waals surface area (Å²) in [5.74, 6) is 0.191. The summed E-state index contributed by atoms with van der Waals surface area (Å²) in [6.07, 6.45) is 1.99. The van der Waals surface area contributed by atoms with Gasteiger partial charge in [0.15, 0.2) is 6.10 Å². The van der Waals surface area contributed by atoms with E-state index in [1.54, 1.807) is 41.6 Å². The molecule has 3 aliphatic rings. The van der Waals surface area contributed by atoms with Crippen molar-refractivity contribution in [3.63, 3.8) is 0 Å². The molecule has 0 saturated carbocycles. The minimum atomic E-state index is -1.57. The molecule has 1 amide bonds. The maximum atomic E-state index is 13.6. The number of fused-ring (bicyclic) bond motifs is 1. The highest BCUT2D eigenvalue weighted by Crippen LogP contribution is 2.39. The minimum absolute atomic E-state index is 0.165. The number of amides is 1. The van der Waals surface area contributed by atoms with Crippen molar-refractivity contribution in [1.82, 2.24) is 14.7 Å². The molecule has 3 heterocycles. The molecule has 3 N–H and O–H groups in total. The van der Waals surface area contributed by atoms with Gasteiger partial charge in [0.2, 0.25) is 0 Å². The van der Waals surface area contributed by atoms with Crippen LogP contribution in [0.4, 0.5) is 10.1 Å². The monoisotopic (exact) mass is 677 g/mol. The zero-order valence-electron chi connectivity index (χ0n) is 25.9. The summed E-state index contributed by atoms with van der Waals surface area (Å²) in [7, 11) is -1.02. The molecule has 6 rings (SSSR count). The summed E-state index contributed by atoms with van der Waals surface area (Å²) in [6.45, 7) is 6.14. The third-order valence-electron chi connectivity index (χ3n) is 8.27. The number of rotatable bonds is 11. The van der Waals surface area contributed by atoms with Crippen LogP contribution in [-0.4, -0.2) is 86.4 Å². The van der Waals surface area contributed by atoms with Crippen LogP contribution < -0.4 is 10.1 Å². The second kappa shape index (κ2) is 14.8. The van der Waals surface area contributed by atoms with E-state index in [-0.39, 0.29) is 12.4 Å². The summed E-state index contributed by atoms with van der Waals surface area (Å²) in [5.41, 5.74) is 1.78. The fourth-order valence-corrected chi connectivity index (χ4v) is 7.90. The van der Waals surface area contributed by atoms with Crippen molar-refractivity contribution in [1.29, 1.82) is 0 Å². The number of hydrogen-bond donors (Lipinski definition) is 3. The lowest BCUT2D eigenvalue weighted by molar-refractivity contribution is -0.144. The smallest absolute Gasteiger partial charge is 0.255 e. The Morgan fingerprint density at radius 1 is 1.04 bits per heavy atom. The first kappa shape index (κ1) is 32.9. The van der Waals surface area contributed by atoms with E-state index in [4.69, 9.17) is 21.3 Å². The van der Waals surface area contributed by atoms with E-state index in [1.807, 2.05) is 46.7 Å². The van der Waals surface area contributed by atoms with Gasteiger partial charge in [0.1, 0.15) is 29.4 Å². The summed E-state index contributed by atoms with van der Waals surface area (Å²) in [4.78, 5) is 24.6. The summed E-state index contributed by atoms with van der Waals surface area (Å²) in [5, 5.41) is 28.2. The zero-order chi connectivity index (χ0) is 32.9. The van der Waals surface area contributed by atoms with Gasteiger partial charge >= 0.3 is 0 Å². The fraction of sp³-hybridized carbons (Fsp3) is 0.286. The van der Waals surface area contributed by atoms with Gasteiger partial charge in [0, 0.05) is 44.0 Å².